The first-order valence-electron chi connectivity index (χ1n) is 8.23. The van der Waals surface area contributed by atoms with E-state index < -0.39 is 15.9 Å². The van der Waals surface area contributed by atoms with Crippen molar-refractivity contribution in [2.45, 2.75) is 18.7 Å². The number of carbonyl (C=O) groups excluding carboxylic acids is 2. The lowest BCUT2D eigenvalue weighted by Crippen LogP contribution is -2.15. The van der Waals surface area contributed by atoms with Gasteiger partial charge in [0.15, 0.2) is 11.6 Å². The summed E-state index contributed by atoms with van der Waals surface area (Å²) in [7, 11) is -3.87. The number of hydrogen-bond donors (Lipinski definition) is 2. The van der Waals surface area contributed by atoms with Crippen LogP contribution in [0.3, 0.4) is 0 Å². The minimum absolute atomic E-state index is 0.0189. The number of hydrogen-bond acceptors (Lipinski definition) is 6. The van der Waals surface area contributed by atoms with Crippen LogP contribution in [-0.2, 0) is 10.0 Å². The highest BCUT2D eigenvalue weighted by Gasteiger charge is 2.16. The molecule has 0 spiro atoms. The lowest BCUT2D eigenvalue weighted by atomic mass is 10.1. The predicted octanol–water partition coefficient (Wildman–Crippen LogP) is 3.24. The molecule has 0 aliphatic carbocycles. The molecule has 2 N–H and O–H groups in total. The van der Waals surface area contributed by atoms with Gasteiger partial charge in [-0.15, -0.1) is 0 Å². The molecule has 0 aliphatic rings. The van der Waals surface area contributed by atoms with E-state index in [1.54, 1.807) is 31.2 Å². The highest BCUT2D eigenvalue weighted by Crippen LogP contribution is 2.19. The maximum absolute atomic E-state index is 12.5. The third kappa shape index (κ3) is 4.44. The summed E-state index contributed by atoms with van der Waals surface area (Å²) < 4.78 is 32.4. The Labute approximate surface area is 161 Å². The van der Waals surface area contributed by atoms with E-state index in [9.17, 15) is 18.0 Å². The van der Waals surface area contributed by atoms with Crippen LogP contribution in [0.1, 0.15) is 33.4 Å². The van der Waals surface area contributed by atoms with Crippen LogP contribution in [0.15, 0.2) is 64.0 Å². The summed E-state index contributed by atoms with van der Waals surface area (Å²) in [5.41, 5.74) is 0.935. The number of Topliss-reactive ketones (excluding diaryl/α,β-unsaturated/α-hetero) is 1. The van der Waals surface area contributed by atoms with Crippen LogP contribution in [0.5, 0.6) is 0 Å². The van der Waals surface area contributed by atoms with Gasteiger partial charge >= 0.3 is 0 Å². The van der Waals surface area contributed by atoms with Crippen LogP contribution < -0.4 is 10.0 Å². The molecule has 2 aromatic carbocycles. The van der Waals surface area contributed by atoms with Crippen molar-refractivity contribution >= 4 is 33.2 Å². The second kappa shape index (κ2) is 7.65. The summed E-state index contributed by atoms with van der Waals surface area (Å²) in [6.45, 7) is 3.10. The second-order valence-electron chi connectivity index (χ2n) is 6.04. The summed E-state index contributed by atoms with van der Waals surface area (Å²) in [6.07, 6.45) is 0. The van der Waals surface area contributed by atoms with Crippen molar-refractivity contribution in [1.82, 2.24) is 5.16 Å². The van der Waals surface area contributed by atoms with Gasteiger partial charge in [0, 0.05) is 22.9 Å². The van der Waals surface area contributed by atoms with E-state index in [2.05, 4.69) is 15.2 Å². The number of aryl methyl sites for hydroxylation is 1. The Morgan fingerprint density at radius 2 is 1.71 bits per heavy atom. The Kier molecular flexibility index (Phi) is 5.27. The molecule has 8 nitrogen and oxygen atoms in total. The molecular formula is C19H17N3O5S. The monoisotopic (exact) mass is 399 g/mol. The molecule has 3 aromatic rings. The fourth-order valence-electron chi connectivity index (χ4n) is 2.42. The molecule has 1 heterocycles. The smallest absolute Gasteiger partial charge is 0.261 e. The molecule has 3 rings (SSSR count). The van der Waals surface area contributed by atoms with Gasteiger partial charge in [0.25, 0.3) is 15.9 Å². The van der Waals surface area contributed by atoms with Gasteiger partial charge in [0.1, 0.15) is 5.76 Å². The standard InChI is InChI=1S/C19H17N3O5S/c1-12-10-18(21-27-12)20-19(24)14-6-8-17(9-7-14)28(25,26)22-16-5-3-4-15(11-16)13(2)23/h3-11,22H,1-2H3,(H,20,21,24). The molecule has 144 valence electrons. The highest BCUT2D eigenvalue weighted by molar-refractivity contribution is 7.92. The van der Waals surface area contributed by atoms with Crippen LogP contribution in [0, 0.1) is 6.92 Å². The van der Waals surface area contributed by atoms with Gasteiger partial charge in [-0.05, 0) is 50.2 Å². The minimum Gasteiger partial charge on any atom is -0.360 e. The number of aromatic nitrogens is 1. The largest absolute Gasteiger partial charge is 0.360 e. The summed E-state index contributed by atoms with van der Waals surface area (Å²) >= 11 is 0. The van der Waals surface area contributed by atoms with Crippen LogP contribution in [-0.4, -0.2) is 25.3 Å². The summed E-state index contributed by atoms with van der Waals surface area (Å²) in [5.74, 6) is 0.209. The zero-order chi connectivity index (χ0) is 20.3. The number of amides is 1. The normalized spacial score (nSPS) is 11.1. The van der Waals surface area contributed by atoms with Gasteiger partial charge in [-0.3, -0.25) is 14.3 Å². The van der Waals surface area contributed by atoms with Crippen LogP contribution in [0.4, 0.5) is 11.5 Å². The van der Waals surface area contributed by atoms with Crippen molar-refractivity contribution in [3.63, 3.8) is 0 Å². The van der Waals surface area contributed by atoms with Gasteiger partial charge in [0.05, 0.1) is 4.90 Å². The van der Waals surface area contributed by atoms with Gasteiger partial charge in [0.2, 0.25) is 0 Å². The van der Waals surface area contributed by atoms with E-state index >= 15 is 0 Å². The van der Waals surface area contributed by atoms with Gasteiger partial charge in [-0.25, -0.2) is 8.42 Å². The molecule has 1 amide bonds. The highest BCUT2D eigenvalue weighted by atomic mass is 32.2. The van der Waals surface area contributed by atoms with Crippen molar-refractivity contribution in [2.75, 3.05) is 10.0 Å². The fraction of sp³-hybridized carbons (Fsp3) is 0.105. The van der Waals surface area contributed by atoms with Gasteiger partial charge in [-0.2, -0.15) is 0 Å². The molecule has 0 aliphatic heterocycles. The Balaban J connectivity index is 1.75. The predicted molar refractivity (Wildman–Crippen MR) is 103 cm³/mol. The zero-order valence-corrected chi connectivity index (χ0v) is 15.9. The molecule has 0 bridgehead atoms. The fourth-order valence-corrected chi connectivity index (χ4v) is 3.46. The van der Waals surface area contributed by atoms with Crippen molar-refractivity contribution < 1.29 is 22.5 Å². The van der Waals surface area contributed by atoms with E-state index in [1.807, 2.05) is 0 Å². The molecule has 28 heavy (non-hydrogen) atoms. The maximum atomic E-state index is 12.5. The third-order valence-corrected chi connectivity index (χ3v) is 5.21. The minimum atomic E-state index is -3.87. The first-order valence-corrected chi connectivity index (χ1v) is 9.71. The number of anilines is 2. The SMILES string of the molecule is CC(=O)c1cccc(NS(=O)(=O)c2ccc(C(=O)Nc3cc(C)on3)cc2)c1. The van der Waals surface area contributed by atoms with Crippen molar-refractivity contribution in [3.05, 3.63) is 71.5 Å². The molecule has 0 atom stereocenters. The number of nitrogens with one attached hydrogen (secondary N) is 2. The number of carbonyl (C=O) groups is 2. The summed E-state index contributed by atoms with van der Waals surface area (Å²) in [6, 6.07) is 13.2. The van der Waals surface area contributed by atoms with E-state index in [-0.39, 0.29) is 27.7 Å². The first-order chi connectivity index (χ1) is 13.2. The summed E-state index contributed by atoms with van der Waals surface area (Å²) in [5, 5.41) is 6.22. The average Bonchev–Trinajstić information content (AvgIpc) is 3.06. The number of benzene rings is 2. The molecule has 1 aromatic heterocycles. The molecule has 0 radical (unpaired) electrons. The maximum Gasteiger partial charge on any atom is 0.261 e. The Bertz CT molecular complexity index is 1130. The third-order valence-electron chi connectivity index (χ3n) is 3.82. The molecule has 0 fully saturated rings. The molecular weight excluding hydrogens is 382 g/mol. The molecule has 9 heteroatoms. The number of rotatable bonds is 6. The first kappa shape index (κ1) is 19.3. The van der Waals surface area contributed by atoms with E-state index in [1.165, 1.54) is 37.3 Å². The van der Waals surface area contributed by atoms with Crippen LogP contribution in [0.2, 0.25) is 0 Å². The van der Waals surface area contributed by atoms with Crippen molar-refractivity contribution in [2.24, 2.45) is 0 Å². The molecule has 0 saturated carbocycles. The van der Waals surface area contributed by atoms with Gasteiger partial charge < -0.3 is 9.84 Å². The molecule has 0 saturated heterocycles. The van der Waals surface area contributed by atoms with Crippen molar-refractivity contribution in [3.8, 4) is 0 Å². The number of ketones is 1. The quantitative estimate of drug-likeness (QED) is 0.614. The average molecular weight is 399 g/mol. The van der Waals surface area contributed by atoms with E-state index in [0.29, 0.717) is 11.3 Å². The van der Waals surface area contributed by atoms with Gasteiger partial charge in [-0.1, -0.05) is 17.3 Å². The van der Waals surface area contributed by atoms with Crippen LogP contribution in [0.25, 0.3) is 0 Å². The Hall–Kier alpha value is -3.46. The topological polar surface area (TPSA) is 118 Å². The Morgan fingerprint density at radius 1 is 1.00 bits per heavy atom. The summed E-state index contributed by atoms with van der Waals surface area (Å²) in [4.78, 5) is 23.6. The number of nitrogens with zero attached hydrogens (tertiary/aromatic N) is 1. The van der Waals surface area contributed by atoms with E-state index in [4.69, 9.17) is 4.52 Å². The lowest BCUT2D eigenvalue weighted by molar-refractivity contribution is 0.101. The van der Waals surface area contributed by atoms with Crippen molar-refractivity contribution in [1.29, 1.82) is 0 Å². The molecule has 0 unspecified atom stereocenters. The van der Waals surface area contributed by atoms with E-state index in [0.717, 1.165) is 0 Å². The second-order valence-corrected chi connectivity index (χ2v) is 7.73. The zero-order valence-electron chi connectivity index (χ0n) is 15.1. The number of sulfonamides is 1. The lowest BCUT2D eigenvalue weighted by Gasteiger charge is -2.09. The Morgan fingerprint density at radius 3 is 2.32 bits per heavy atom. The van der Waals surface area contributed by atoms with Crippen LogP contribution >= 0.6 is 0 Å².